The highest BCUT2D eigenvalue weighted by atomic mass is 79.9. The summed E-state index contributed by atoms with van der Waals surface area (Å²) in [5.41, 5.74) is 1.08. The van der Waals surface area contributed by atoms with Crippen LogP contribution in [0.4, 0.5) is 5.69 Å². The van der Waals surface area contributed by atoms with Gasteiger partial charge in [0.15, 0.2) is 0 Å². The highest BCUT2D eigenvalue weighted by molar-refractivity contribution is 9.11. The summed E-state index contributed by atoms with van der Waals surface area (Å²) in [6.45, 7) is 4.45. The zero-order valence-corrected chi connectivity index (χ0v) is 14.4. The molecule has 0 saturated heterocycles. The smallest absolute Gasteiger partial charge is 0.135 e. The second-order valence-corrected chi connectivity index (χ2v) is 6.22. The summed E-state index contributed by atoms with van der Waals surface area (Å²) >= 11 is 7.05. The summed E-state index contributed by atoms with van der Waals surface area (Å²) in [5, 5.41) is 3.52. The van der Waals surface area contributed by atoms with Crippen LogP contribution in [0, 0.1) is 0 Å². The monoisotopic (exact) mass is 377 g/mol. The van der Waals surface area contributed by atoms with E-state index >= 15 is 0 Å². The number of hydrogen-bond donors (Lipinski definition) is 1. The number of rotatable bonds is 7. The Morgan fingerprint density at radius 3 is 2.56 bits per heavy atom. The summed E-state index contributed by atoms with van der Waals surface area (Å²) < 4.78 is 7.33. The molecular weight excluding hydrogens is 358 g/mol. The lowest BCUT2D eigenvalue weighted by Crippen LogP contribution is -2.15. The molecule has 0 amide bonds. The van der Waals surface area contributed by atoms with E-state index in [2.05, 4.69) is 51.0 Å². The highest BCUT2D eigenvalue weighted by Crippen LogP contribution is 2.35. The van der Waals surface area contributed by atoms with Crippen molar-refractivity contribution in [2.24, 2.45) is 0 Å². The third-order valence-corrected chi connectivity index (χ3v) is 4.16. The van der Waals surface area contributed by atoms with Crippen molar-refractivity contribution >= 4 is 37.5 Å². The van der Waals surface area contributed by atoms with Crippen LogP contribution in [0.15, 0.2) is 21.1 Å². The molecular formula is C14H21Br2NO. The lowest BCUT2D eigenvalue weighted by molar-refractivity contribution is 0.412. The third kappa shape index (κ3) is 4.81. The van der Waals surface area contributed by atoms with Crippen LogP contribution in [0.5, 0.6) is 5.75 Å². The standard InChI is InChI=1S/C14H21Br2NO/c1-4-5-6-7-10(2)17-13-9-14(18-3)12(16)8-11(13)15/h8-10,17H,4-7H2,1-3H3. The van der Waals surface area contributed by atoms with Crippen LogP contribution in [0.2, 0.25) is 0 Å². The number of hydrogen-bond acceptors (Lipinski definition) is 2. The van der Waals surface area contributed by atoms with Crippen LogP contribution < -0.4 is 10.1 Å². The van der Waals surface area contributed by atoms with E-state index in [-0.39, 0.29) is 0 Å². The van der Waals surface area contributed by atoms with Gasteiger partial charge in [0.2, 0.25) is 0 Å². The molecule has 0 aliphatic heterocycles. The van der Waals surface area contributed by atoms with Crippen LogP contribution in [-0.2, 0) is 0 Å². The Labute approximate surface area is 127 Å². The van der Waals surface area contributed by atoms with Crippen LogP contribution >= 0.6 is 31.9 Å². The van der Waals surface area contributed by atoms with Gasteiger partial charge in [-0.05, 0) is 51.3 Å². The van der Waals surface area contributed by atoms with E-state index in [1.165, 1.54) is 25.7 Å². The number of methoxy groups -OCH3 is 1. The van der Waals surface area contributed by atoms with Crippen LogP contribution in [0.25, 0.3) is 0 Å². The molecule has 1 atom stereocenters. The quantitative estimate of drug-likeness (QED) is 0.623. The first-order valence-electron chi connectivity index (χ1n) is 6.38. The van der Waals surface area contributed by atoms with E-state index in [9.17, 15) is 0 Å². The van der Waals surface area contributed by atoms with E-state index in [0.717, 1.165) is 20.4 Å². The number of nitrogens with one attached hydrogen (secondary N) is 1. The molecule has 0 aliphatic carbocycles. The number of anilines is 1. The zero-order valence-electron chi connectivity index (χ0n) is 11.2. The van der Waals surface area contributed by atoms with Gasteiger partial charge in [0.1, 0.15) is 5.75 Å². The van der Waals surface area contributed by atoms with Crippen molar-refractivity contribution in [1.82, 2.24) is 0 Å². The Kier molecular flexibility index (Phi) is 7.08. The summed E-state index contributed by atoms with van der Waals surface area (Å²) in [6.07, 6.45) is 5.04. The fraction of sp³-hybridized carbons (Fsp3) is 0.571. The van der Waals surface area contributed by atoms with Gasteiger partial charge < -0.3 is 10.1 Å². The summed E-state index contributed by atoms with van der Waals surface area (Å²) in [7, 11) is 1.68. The molecule has 0 spiro atoms. The average molecular weight is 379 g/mol. The molecule has 0 radical (unpaired) electrons. The normalized spacial score (nSPS) is 12.3. The fourth-order valence-electron chi connectivity index (χ4n) is 1.83. The Hall–Kier alpha value is -0.220. The van der Waals surface area contributed by atoms with Crippen molar-refractivity contribution in [2.75, 3.05) is 12.4 Å². The maximum absolute atomic E-state index is 5.31. The van der Waals surface area contributed by atoms with Crippen LogP contribution in [-0.4, -0.2) is 13.2 Å². The predicted molar refractivity (Wildman–Crippen MR) is 85.6 cm³/mol. The second-order valence-electron chi connectivity index (χ2n) is 4.51. The van der Waals surface area contributed by atoms with Gasteiger partial charge >= 0.3 is 0 Å². The van der Waals surface area contributed by atoms with Gasteiger partial charge in [-0.25, -0.2) is 0 Å². The molecule has 1 aromatic rings. The van der Waals surface area contributed by atoms with E-state index in [0.29, 0.717) is 6.04 Å². The largest absolute Gasteiger partial charge is 0.495 e. The summed E-state index contributed by atoms with van der Waals surface area (Å²) in [6, 6.07) is 4.50. The Morgan fingerprint density at radius 1 is 1.22 bits per heavy atom. The highest BCUT2D eigenvalue weighted by Gasteiger charge is 2.09. The molecule has 0 bridgehead atoms. The molecule has 1 rings (SSSR count). The maximum atomic E-state index is 5.31. The Morgan fingerprint density at radius 2 is 1.94 bits per heavy atom. The first-order valence-corrected chi connectivity index (χ1v) is 7.96. The zero-order chi connectivity index (χ0) is 13.5. The molecule has 18 heavy (non-hydrogen) atoms. The molecule has 1 unspecified atom stereocenters. The molecule has 1 aromatic carbocycles. The van der Waals surface area contributed by atoms with Gasteiger partial charge in [0.25, 0.3) is 0 Å². The lowest BCUT2D eigenvalue weighted by atomic mass is 10.1. The maximum Gasteiger partial charge on any atom is 0.135 e. The minimum Gasteiger partial charge on any atom is -0.495 e. The van der Waals surface area contributed by atoms with E-state index < -0.39 is 0 Å². The van der Waals surface area contributed by atoms with E-state index in [1.54, 1.807) is 7.11 Å². The first kappa shape index (κ1) is 15.8. The number of benzene rings is 1. The SMILES string of the molecule is CCCCCC(C)Nc1cc(OC)c(Br)cc1Br. The number of ether oxygens (including phenoxy) is 1. The van der Waals surface area contributed by atoms with Gasteiger partial charge in [-0.1, -0.05) is 26.2 Å². The Bertz CT molecular complexity index is 382. The summed E-state index contributed by atoms with van der Waals surface area (Å²) in [5.74, 6) is 0.849. The van der Waals surface area contributed by atoms with Gasteiger partial charge in [-0.3, -0.25) is 0 Å². The molecule has 4 heteroatoms. The van der Waals surface area contributed by atoms with Crippen LogP contribution in [0.3, 0.4) is 0 Å². The molecule has 0 aliphatic rings. The molecule has 0 fully saturated rings. The lowest BCUT2D eigenvalue weighted by Gasteiger charge is -2.17. The van der Waals surface area contributed by atoms with Crippen molar-refractivity contribution in [3.05, 3.63) is 21.1 Å². The number of halogens is 2. The van der Waals surface area contributed by atoms with Crippen molar-refractivity contribution in [3.8, 4) is 5.75 Å². The molecule has 102 valence electrons. The van der Waals surface area contributed by atoms with E-state index in [1.807, 2.05) is 12.1 Å². The molecule has 0 heterocycles. The first-order chi connectivity index (χ1) is 8.58. The Balaban J connectivity index is 2.65. The predicted octanol–water partition coefficient (Wildman–Crippen LogP) is 5.60. The topological polar surface area (TPSA) is 21.3 Å². The average Bonchev–Trinajstić information content (AvgIpc) is 2.33. The molecule has 2 nitrogen and oxygen atoms in total. The van der Waals surface area contributed by atoms with Gasteiger partial charge in [-0.2, -0.15) is 0 Å². The summed E-state index contributed by atoms with van der Waals surface area (Å²) in [4.78, 5) is 0. The van der Waals surface area contributed by atoms with Gasteiger partial charge in [0, 0.05) is 16.6 Å². The van der Waals surface area contributed by atoms with Crippen LogP contribution in [0.1, 0.15) is 39.5 Å². The fourth-order valence-corrected chi connectivity index (χ4v) is 3.10. The van der Waals surface area contributed by atoms with Crippen molar-refractivity contribution in [3.63, 3.8) is 0 Å². The van der Waals surface area contributed by atoms with Crippen molar-refractivity contribution in [2.45, 2.75) is 45.6 Å². The minimum absolute atomic E-state index is 0.471. The third-order valence-electron chi connectivity index (χ3n) is 2.88. The van der Waals surface area contributed by atoms with E-state index in [4.69, 9.17) is 4.74 Å². The minimum atomic E-state index is 0.471. The molecule has 1 N–H and O–H groups in total. The van der Waals surface area contributed by atoms with Crippen molar-refractivity contribution in [1.29, 1.82) is 0 Å². The second kappa shape index (κ2) is 8.05. The van der Waals surface area contributed by atoms with Gasteiger partial charge in [0.05, 0.1) is 17.3 Å². The molecule has 0 saturated carbocycles. The van der Waals surface area contributed by atoms with Gasteiger partial charge in [-0.15, -0.1) is 0 Å². The van der Waals surface area contributed by atoms with Crippen molar-refractivity contribution < 1.29 is 4.74 Å². The number of unbranched alkanes of at least 4 members (excludes halogenated alkanes) is 2. The molecule has 0 aromatic heterocycles.